The van der Waals surface area contributed by atoms with Crippen molar-refractivity contribution in [3.63, 3.8) is 0 Å². The number of hydrogen-bond donors (Lipinski definition) is 1. The highest BCUT2D eigenvalue weighted by Gasteiger charge is 2.08. The van der Waals surface area contributed by atoms with Crippen molar-refractivity contribution < 1.29 is 0 Å². The molecule has 0 atom stereocenters. The molecule has 0 saturated heterocycles. The first kappa shape index (κ1) is 17.5. The van der Waals surface area contributed by atoms with E-state index in [-0.39, 0.29) is 0 Å². The smallest absolute Gasteiger partial charge is 0.187 e. The number of hydrogen-bond acceptors (Lipinski definition) is 4. The molecule has 3 aromatic rings. The Bertz CT molecular complexity index is 833. The third kappa shape index (κ3) is 4.02. The monoisotopic (exact) mass is 351 g/mol. The summed E-state index contributed by atoms with van der Waals surface area (Å²) >= 11 is 1.64. The molecule has 1 aromatic heterocycles. The minimum absolute atomic E-state index is 0.923. The zero-order valence-electron chi connectivity index (χ0n) is 15.3. The number of benzene rings is 2. The maximum absolute atomic E-state index is 4.76. The Balaban J connectivity index is 1.76. The molecule has 0 unspecified atom stereocenters. The van der Waals surface area contributed by atoms with Crippen molar-refractivity contribution in [2.24, 2.45) is 0 Å². The second-order valence-corrected chi connectivity index (χ2v) is 7.06. The fraction of sp³-hybridized carbons (Fsp3) is 0.286. The minimum atomic E-state index is 0.923. The molecule has 0 amide bonds. The fourth-order valence-corrected chi connectivity index (χ4v) is 3.67. The number of nitrogens with one attached hydrogen (secondary N) is 1. The highest BCUT2D eigenvalue weighted by Crippen LogP contribution is 2.30. The molecule has 0 fully saturated rings. The Labute approximate surface area is 154 Å². The van der Waals surface area contributed by atoms with Crippen LogP contribution in [0.1, 0.15) is 25.0 Å². The average Bonchev–Trinajstić information content (AvgIpc) is 3.08. The number of rotatable bonds is 6. The summed E-state index contributed by atoms with van der Waals surface area (Å²) in [6.07, 6.45) is 0. The number of aryl methyl sites for hydroxylation is 2. The Hall–Kier alpha value is -2.33. The summed E-state index contributed by atoms with van der Waals surface area (Å²) in [6, 6.07) is 15.1. The van der Waals surface area contributed by atoms with Gasteiger partial charge < -0.3 is 10.2 Å². The van der Waals surface area contributed by atoms with Crippen molar-refractivity contribution in [3.05, 3.63) is 59.0 Å². The number of anilines is 3. The van der Waals surface area contributed by atoms with E-state index in [1.54, 1.807) is 11.3 Å². The predicted octanol–water partition coefficient (Wildman–Crippen LogP) is 6.02. The second-order valence-electron chi connectivity index (χ2n) is 6.20. The summed E-state index contributed by atoms with van der Waals surface area (Å²) in [5.41, 5.74) is 7.08. The maximum atomic E-state index is 4.76. The molecule has 0 aliphatic rings. The van der Waals surface area contributed by atoms with E-state index in [9.17, 15) is 0 Å². The lowest BCUT2D eigenvalue weighted by molar-refractivity contribution is 0.866. The number of thiazole rings is 1. The SMILES string of the molecule is CCN(CC)c1ccc(Nc2nc(-c3cc(C)ccc3C)cs2)cc1. The quantitative estimate of drug-likeness (QED) is 0.589. The molecule has 0 aliphatic carbocycles. The van der Waals surface area contributed by atoms with Crippen LogP contribution in [0.15, 0.2) is 47.8 Å². The highest BCUT2D eigenvalue weighted by molar-refractivity contribution is 7.14. The second kappa shape index (κ2) is 7.70. The molecule has 0 saturated carbocycles. The van der Waals surface area contributed by atoms with E-state index in [1.807, 2.05) is 0 Å². The van der Waals surface area contributed by atoms with E-state index in [0.717, 1.165) is 29.6 Å². The summed E-state index contributed by atoms with van der Waals surface area (Å²) < 4.78 is 0. The molecule has 0 aliphatic heterocycles. The third-order valence-corrected chi connectivity index (χ3v) is 5.18. The molecular weight excluding hydrogens is 326 g/mol. The molecule has 1 N–H and O–H groups in total. The lowest BCUT2D eigenvalue weighted by atomic mass is 10.0. The Morgan fingerprint density at radius 1 is 1.00 bits per heavy atom. The van der Waals surface area contributed by atoms with Gasteiger partial charge in [-0.15, -0.1) is 11.3 Å². The van der Waals surface area contributed by atoms with Gasteiger partial charge in [-0.3, -0.25) is 0 Å². The molecule has 3 nitrogen and oxygen atoms in total. The lowest BCUT2D eigenvalue weighted by Crippen LogP contribution is -2.21. The van der Waals surface area contributed by atoms with Crippen LogP contribution in [0.3, 0.4) is 0 Å². The largest absolute Gasteiger partial charge is 0.372 e. The van der Waals surface area contributed by atoms with E-state index < -0.39 is 0 Å². The van der Waals surface area contributed by atoms with Crippen molar-refractivity contribution in [2.45, 2.75) is 27.7 Å². The molecular formula is C21H25N3S. The summed E-state index contributed by atoms with van der Waals surface area (Å²) in [6.45, 7) is 10.7. The molecule has 4 heteroatoms. The van der Waals surface area contributed by atoms with Crippen LogP contribution >= 0.6 is 11.3 Å². The zero-order valence-corrected chi connectivity index (χ0v) is 16.2. The van der Waals surface area contributed by atoms with E-state index >= 15 is 0 Å². The van der Waals surface area contributed by atoms with Gasteiger partial charge in [0, 0.05) is 35.4 Å². The third-order valence-electron chi connectivity index (χ3n) is 4.42. The van der Waals surface area contributed by atoms with Gasteiger partial charge in [-0.1, -0.05) is 17.7 Å². The first-order chi connectivity index (χ1) is 12.1. The van der Waals surface area contributed by atoms with E-state index in [1.165, 1.54) is 22.4 Å². The first-order valence-electron chi connectivity index (χ1n) is 8.76. The zero-order chi connectivity index (χ0) is 17.8. The van der Waals surface area contributed by atoms with Crippen molar-refractivity contribution >= 4 is 27.8 Å². The predicted molar refractivity (Wildman–Crippen MR) is 110 cm³/mol. The van der Waals surface area contributed by atoms with Gasteiger partial charge in [-0.05, 0) is 63.6 Å². The van der Waals surface area contributed by atoms with Crippen LogP contribution < -0.4 is 10.2 Å². The highest BCUT2D eigenvalue weighted by atomic mass is 32.1. The molecule has 2 aromatic carbocycles. The molecule has 3 rings (SSSR count). The van der Waals surface area contributed by atoms with Crippen molar-refractivity contribution in [1.82, 2.24) is 4.98 Å². The lowest BCUT2D eigenvalue weighted by Gasteiger charge is -2.21. The molecule has 0 bridgehead atoms. The van der Waals surface area contributed by atoms with Gasteiger partial charge in [-0.25, -0.2) is 4.98 Å². The number of nitrogens with zero attached hydrogens (tertiary/aromatic N) is 2. The van der Waals surface area contributed by atoms with E-state index in [0.29, 0.717) is 0 Å². The van der Waals surface area contributed by atoms with Crippen LogP contribution in [0.5, 0.6) is 0 Å². The van der Waals surface area contributed by atoms with Crippen molar-refractivity contribution in [2.75, 3.05) is 23.3 Å². The van der Waals surface area contributed by atoms with Gasteiger partial charge in [0.15, 0.2) is 5.13 Å². The summed E-state index contributed by atoms with van der Waals surface area (Å²) in [7, 11) is 0. The Kier molecular flexibility index (Phi) is 5.39. The molecule has 130 valence electrons. The Morgan fingerprint density at radius 2 is 1.72 bits per heavy atom. The maximum Gasteiger partial charge on any atom is 0.187 e. The standard InChI is InChI=1S/C21H25N3S/c1-5-24(6-2)18-11-9-17(10-12-18)22-21-23-20(14-25-21)19-13-15(3)7-8-16(19)4/h7-14H,5-6H2,1-4H3,(H,22,23). The fourth-order valence-electron chi connectivity index (χ4n) is 2.93. The molecule has 0 radical (unpaired) electrons. The van der Waals surface area contributed by atoms with Crippen molar-refractivity contribution in [1.29, 1.82) is 0 Å². The van der Waals surface area contributed by atoms with Crippen LogP contribution in [0, 0.1) is 13.8 Å². The molecule has 1 heterocycles. The average molecular weight is 352 g/mol. The minimum Gasteiger partial charge on any atom is -0.372 e. The summed E-state index contributed by atoms with van der Waals surface area (Å²) in [4.78, 5) is 7.10. The molecule has 25 heavy (non-hydrogen) atoms. The van der Waals surface area contributed by atoms with Crippen LogP contribution in [0.25, 0.3) is 11.3 Å². The van der Waals surface area contributed by atoms with Gasteiger partial charge >= 0.3 is 0 Å². The normalized spacial score (nSPS) is 10.7. The Morgan fingerprint density at radius 3 is 2.40 bits per heavy atom. The molecule has 0 spiro atoms. The topological polar surface area (TPSA) is 28.2 Å². The van der Waals surface area contributed by atoms with Gasteiger partial charge in [-0.2, -0.15) is 0 Å². The van der Waals surface area contributed by atoms with Crippen LogP contribution in [-0.4, -0.2) is 18.1 Å². The summed E-state index contributed by atoms with van der Waals surface area (Å²) in [5.74, 6) is 0. The first-order valence-corrected chi connectivity index (χ1v) is 9.64. The van der Waals surface area contributed by atoms with Gasteiger partial charge in [0.05, 0.1) is 5.69 Å². The van der Waals surface area contributed by atoms with Gasteiger partial charge in [0.1, 0.15) is 0 Å². The van der Waals surface area contributed by atoms with Gasteiger partial charge in [0.25, 0.3) is 0 Å². The van der Waals surface area contributed by atoms with Crippen LogP contribution in [0.4, 0.5) is 16.5 Å². The summed E-state index contributed by atoms with van der Waals surface area (Å²) in [5, 5.41) is 6.46. The van der Waals surface area contributed by atoms with Crippen molar-refractivity contribution in [3.8, 4) is 11.3 Å². The van der Waals surface area contributed by atoms with Gasteiger partial charge in [0.2, 0.25) is 0 Å². The van der Waals surface area contributed by atoms with Crippen LogP contribution in [-0.2, 0) is 0 Å². The van der Waals surface area contributed by atoms with E-state index in [4.69, 9.17) is 4.98 Å². The van der Waals surface area contributed by atoms with E-state index in [2.05, 4.69) is 85.8 Å². The van der Waals surface area contributed by atoms with Crippen LogP contribution in [0.2, 0.25) is 0 Å². The number of aromatic nitrogens is 1.